The maximum Gasteiger partial charge on any atom is 0.238 e. The second-order valence-electron chi connectivity index (χ2n) is 3.63. The minimum atomic E-state index is 0.193. The molecule has 2 aromatic rings. The molecule has 0 spiro atoms. The first-order chi connectivity index (χ1) is 7.81. The van der Waals surface area contributed by atoms with E-state index in [4.69, 9.17) is 14.0 Å². The Morgan fingerprint density at radius 2 is 2.25 bits per heavy atom. The van der Waals surface area contributed by atoms with Crippen molar-refractivity contribution in [3.8, 4) is 11.6 Å². The zero-order valence-corrected chi connectivity index (χ0v) is 9.14. The van der Waals surface area contributed by atoms with Gasteiger partial charge in [0.15, 0.2) is 5.76 Å². The lowest BCUT2D eigenvalue weighted by Gasteiger charge is -1.91. The van der Waals surface area contributed by atoms with Gasteiger partial charge in [0.25, 0.3) is 0 Å². The van der Waals surface area contributed by atoms with Gasteiger partial charge in [-0.15, -0.1) is 0 Å². The smallest absolute Gasteiger partial charge is 0.238 e. The molecule has 2 heterocycles. The fraction of sp³-hybridized carbons (Fsp3) is 0.455. The van der Waals surface area contributed by atoms with Crippen LogP contribution in [-0.4, -0.2) is 21.9 Å². The lowest BCUT2D eigenvalue weighted by molar-refractivity contribution is 0.281. The van der Waals surface area contributed by atoms with Crippen LogP contribution < -0.4 is 0 Å². The van der Waals surface area contributed by atoms with Crippen molar-refractivity contribution in [3.63, 3.8) is 0 Å². The molecule has 0 aromatic carbocycles. The molecule has 0 bridgehead atoms. The van der Waals surface area contributed by atoms with Crippen molar-refractivity contribution in [2.75, 3.05) is 6.61 Å². The van der Waals surface area contributed by atoms with Gasteiger partial charge < -0.3 is 14.0 Å². The maximum absolute atomic E-state index is 8.65. The van der Waals surface area contributed by atoms with Crippen LogP contribution in [0.3, 0.4) is 0 Å². The highest BCUT2D eigenvalue weighted by atomic mass is 16.5. The number of furan rings is 1. The van der Waals surface area contributed by atoms with E-state index in [2.05, 4.69) is 10.1 Å². The van der Waals surface area contributed by atoms with Gasteiger partial charge in [0.2, 0.25) is 11.7 Å². The second kappa shape index (κ2) is 4.94. The number of aromatic nitrogens is 2. The van der Waals surface area contributed by atoms with Gasteiger partial charge in [-0.2, -0.15) is 4.98 Å². The van der Waals surface area contributed by atoms with Gasteiger partial charge in [0, 0.05) is 13.0 Å². The molecule has 0 aliphatic carbocycles. The lowest BCUT2D eigenvalue weighted by Crippen LogP contribution is -1.89. The topological polar surface area (TPSA) is 72.3 Å². The Hall–Kier alpha value is -1.62. The highest BCUT2D eigenvalue weighted by Crippen LogP contribution is 2.21. The third-order valence-corrected chi connectivity index (χ3v) is 2.33. The molecule has 2 rings (SSSR count). The molecule has 0 saturated carbocycles. The number of aliphatic hydroxyl groups is 1. The summed E-state index contributed by atoms with van der Waals surface area (Å²) in [6.07, 6.45) is 3.88. The summed E-state index contributed by atoms with van der Waals surface area (Å²) in [5, 5.41) is 12.5. The van der Waals surface area contributed by atoms with E-state index in [1.165, 1.54) is 0 Å². The molecule has 86 valence electrons. The monoisotopic (exact) mass is 222 g/mol. The van der Waals surface area contributed by atoms with Crippen LogP contribution in [0.1, 0.15) is 24.3 Å². The van der Waals surface area contributed by atoms with Crippen LogP contribution in [0.15, 0.2) is 21.3 Å². The van der Waals surface area contributed by atoms with Gasteiger partial charge in [-0.3, -0.25) is 0 Å². The number of aryl methyl sites for hydroxylation is 2. The molecule has 0 fully saturated rings. The molecule has 0 saturated heterocycles. The Kier molecular flexibility index (Phi) is 3.36. The van der Waals surface area contributed by atoms with E-state index < -0.39 is 0 Å². The van der Waals surface area contributed by atoms with Crippen molar-refractivity contribution in [2.45, 2.75) is 26.2 Å². The number of rotatable bonds is 5. The van der Waals surface area contributed by atoms with E-state index in [1.807, 2.05) is 13.0 Å². The summed E-state index contributed by atoms with van der Waals surface area (Å²) >= 11 is 0. The van der Waals surface area contributed by atoms with Gasteiger partial charge in [-0.1, -0.05) is 5.16 Å². The second-order valence-corrected chi connectivity index (χ2v) is 3.63. The minimum Gasteiger partial charge on any atom is -0.461 e. The summed E-state index contributed by atoms with van der Waals surface area (Å²) in [4.78, 5) is 4.23. The molecular weight excluding hydrogens is 208 g/mol. The molecule has 0 aliphatic rings. The molecular formula is C11H14N2O3. The first-order valence-corrected chi connectivity index (χ1v) is 5.29. The summed E-state index contributed by atoms with van der Waals surface area (Å²) in [6.45, 7) is 2.12. The summed E-state index contributed by atoms with van der Waals surface area (Å²) in [5.74, 6) is 1.72. The van der Waals surface area contributed by atoms with Crippen molar-refractivity contribution < 1.29 is 14.0 Å². The molecule has 0 unspecified atom stereocenters. The van der Waals surface area contributed by atoms with Gasteiger partial charge in [0.1, 0.15) is 0 Å². The molecule has 2 aromatic heterocycles. The average molecular weight is 222 g/mol. The molecule has 16 heavy (non-hydrogen) atoms. The molecule has 0 atom stereocenters. The Bertz CT molecular complexity index is 448. The van der Waals surface area contributed by atoms with Crippen LogP contribution >= 0.6 is 0 Å². The van der Waals surface area contributed by atoms with Crippen LogP contribution in [0, 0.1) is 6.92 Å². The largest absolute Gasteiger partial charge is 0.461 e. The summed E-state index contributed by atoms with van der Waals surface area (Å²) < 4.78 is 10.4. The minimum absolute atomic E-state index is 0.193. The van der Waals surface area contributed by atoms with Crippen molar-refractivity contribution in [1.29, 1.82) is 0 Å². The maximum atomic E-state index is 8.65. The average Bonchev–Trinajstić information content (AvgIpc) is 2.87. The van der Waals surface area contributed by atoms with E-state index in [0.717, 1.165) is 18.4 Å². The zero-order chi connectivity index (χ0) is 11.4. The van der Waals surface area contributed by atoms with E-state index in [9.17, 15) is 0 Å². The molecule has 0 radical (unpaired) electrons. The number of hydrogen-bond acceptors (Lipinski definition) is 5. The quantitative estimate of drug-likeness (QED) is 0.783. The van der Waals surface area contributed by atoms with Crippen LogP contribution in [-0.2, 0) is 6.42 Å². The number of nitrogens with zero attached hydrogens (tertiary/aromatic N) is 2. The van der Waals surface area contributed by atoms with E-state index in [0.29, 0.717) is 23.9 Å². The summed E-state index contributed by atoms with van der Waals surface area (Å²) in [6, 6.07) is 1.86. The SMILES string of the molecule is Cc1ccoc1-c1noc(CCCCO)n1. The molecule has 0 amide bonds. The summed E-state index contributed by atoms with van der Waals surface area (Å²) in [5.41, 5.74) is 0.989. The highest BCUT2D eigenvalue weighted by Gasteiger charge is 2.13. The van der Waals surface area contributed by atoms with Gasteiger partial charge >= 0.3 is 0 Å². The standard InChI is InChI=1S/C11H14N2O3/c1-8-5-7-15-10(8)11-12-9(16-13-11)4-2-3-6-14/h5,7,14H,2-4,6H2,1H3. The number of hydrogen-bond donors (Lipinski definition) is 1. The van der Waals surface area contributed by atoms with Crippen molar-refractivity contribution in [2.24, 2.45) is 0 Å². The Morgan fingerprint density at radius 1 is 1.38 bits per heavy atom. The predicted octanol–water partition coefficient (Wildman–Crippen LogP) is 1.95. The fourth-order valence-electron chi connectivity index (χ4n) is 1.44. The van der Waals surface area contributed by atoms with Crippen molar-refractivity contribution in [1.82, 2.24) is 10.1 Å². The Morgan fingerprint density at radius 3 is 2.94 bits per heavy atom. The first-order valence-electron chi connectivity index (χ1n) is 5.29. The van der Waals surface area contributed by atoms with Crippen LogP contribution in [0.5, 0.6) is 0 Å². The van der Waals surface area contributed by atoms with Crippen molar-refractivity contribution in [3.05, 3.63) is 23.8 Å². The molecule has 5 heteroatoms. The van der Waals surface area contributed by atoms with Crippen LogP contribution in [0.4, 0.5) is 0 Å². The van der Waals surface area contributed by atoms with Gasteiger partial charge in [-0.05, 0) is 31.4 Å². The van der Waals surface area contributed by atoms with Crippen molar-refractivity contribution >= 4 is 0 Å². The number of aliphatic hydroxyl groups excluding tert-OH is 1. The zero-order valence-electron chi connectivity index (χ0n) is 9.14. The predicted molar refractivity (Wildman–Crippen MR) is 56.8 cm³/mol. The molecule has 0 aliphatic heterocycles. The van der Waals surface area contributed by atoms with Crippen LogP contribution in [0.2, 0.25) is 0 Å². The lowest BCUT2D eigenvalue weighted by atomic mass is 10.2. The molecule has 5 nitrogen and oxygen atoms in total. The van der Waals surface area contributed by atoms with E-state index in [-0.39, 0.29) is 6.61 Å². The normalized spacial score (nSPS) is 10.9. The highest BCUT2D eigenvalue weighted by molar-refractivity contribution is 5.50. The van der Waals surface area contributed by atoms with Crippen LogP contribution in [0.25, 0.3) is 11.6 Å². The summed E-state index contributed by atoms with van der Waals surface area (Å²) in [7, 11) is 0. The van der Waals surface area contributed by atoms with Gasteiger partial charge in [-0.25, -0.2) is 0 Å². The van der Waals surface area contributed by atoms with E-state index >= 15 is 0 Å². The van der Waals surface area contributed by atoms with Gasteiger partial charge in [0.05, 0.1) is 6.26 Å². The number of unbranched alkanes of at least 4 members (excludes halogenated alkanes) is 1. The third-order valence-electron chi connectivity index (χ3n) is 2.33. The van der Waals surface area contributed by atoms with E-state index in [1.54, 1.807) is 6.26 Å². The first kappa shape index (κ1) is 10.9. The Labute approximate surface area is 93.1 Å². The fourth-order valence-corrected chi connectivity index (χ4v) is 1.44. The third kappa shape index (κ3) is 2.30. The molecule has 1 N–H and O–H groups in total. The Balaban J connectivity index is 2.05.